The van der Waals surface area contributed by atoms with E-state index in [9.17, 15) is 4.79 Å². The van der Waals surface area contributed by atoms with Gasteiger partial charge >= 0.3 is 5.97 Å². The van der Waals surface area contributed by atoms with Crippen molar-refractivity contribution < 1.29 is 19.4 Å². The van der Waals surface area contributed by atoms with Gasteiger partial charge in [-0.05, 0) is 18.2 Å². The Morgan fingerprint density at radius 1 is 1.33 bits per heavy atom. The minimum atomic E-state index is -1.08. The highest BCUT2D eigenvalue weighted by molar-refractivity contribution is 5.93. The Balaban J connectivity index is 2.61. The Morgan fingerprint density at radius 3 is 2.72 bits per heavy atom. The highest BCUT2D eigenvalue weighted by Crippen LogP contribution is 2.33. The molecule has 0 aliphatic rings. The molecule has 0 bridgehead atoms. The van der Waals surface area contributed by atoms with Gasteiger partial charge in [0.05, 0.1) is 20.5 Å². The van der Waals surface area contributed by atoms with Crippen molar-refractivity contribution in [1.29, 1.82) is 0 Å². The van der Waals surface area contributed by atoms with Crippen molar-refractivity contribution in [2.45, 2.75) is 0 Å². The SMILES string of the molecule is COc1ccc(OC)c(-c2nc[nH]c2C(=O)O)c1. The van der Waals surface area contributed by atoms with E-state index in [0.717, 1.165) is 0 Å². The van der Waals surface area contributed by atoms with Gasteiger partial charge < -0.3 is 19.6 Å². The topological polar surface area (TPSA) is 84.4 Å². The van der Waals surface area contributed by atoms with Crippen molar-refractivity contribution in [3.05, 3.63) is 30.2 Å². The number of nitrogens with one attached hydrogen (secondary N) is 1. The number of carboxylic acid groups (broad SMARTS) is 1. The lowest BCUT2D eigenvalue weighted by molar-refractivity contribution is 0.0692. The van der Waals surface area contributed by atoms with Crippen LogP contribution in [0.4, 0.5) is 0 Å². The number of rotatable bonds is 4. The number of hydrogen-bond donors (Lipinski definition) is 2. The van der Waals surface area contributed by atoms with Gasteiger partial charge in [0.2, 0.25) is 0 Å². The molecule has 0 aliphatic carbocycles. The summed E-state index contributed by atoms with van der Waals surface area (Å²) in [5.41, 5.74) is 0.898. The molecule has 6 nitrogen and oxygen atoms in total. The second-order valence-electron chi connectivity index (χ2n) is 3.50. The number of ether oxygens (including phenoxy) is 2. The lowest BCUT2D eigenvalue weighted by Gasteiger charge is -2.09. The summed E-state index contributed by atoms with van der Waals surface area (Å²) in [6.07, 6.45) is 1.33. The van der Waals surface area contributed by atoms with Crippen molar-refractivity contribution in [2.75, 3.05) is 14.2 Å². The summed E-state index contributed by atoms with van der Waals surface area (Å²) in [4.78, 5) is 17.7. The highest BCUT2D eigenvalue weighted by atomic mass is 16.5. The zero-order valence-corrected chi connectivity index (χ0v) is 9.93. The number of aromatic carboxylic acids is 1. The summed E-state index contributed by atoms with van der Waals surface area (Å²) in [7, 11) is 3.05. The van der Waals surface area contributed by atoms with Crippen LogP contribution >= 0.6 is 0 Å². The molecule has 0 spiro atoms. The Hall–Kier alpha value is -2.50. The molecule has 0 fully saturated rings. The number of nitrogens with zero attached hydrogens (tertiary/aromatic N) is 1. The molecule has 6 heteroatoms. The van der Waals surface area contributed by atoms with E-state index in [4.69, 9.17) is 14.6 Å². The van der Waals surface area contributed by atoms with E-state index >= 15 is 0 Å². The van der Waals surface area contributed by atoms with Gasteiger partial charge in [0.15, 0.2) is 5.69 Å². The molecular formula is C12H12N2O4. The van der Waals surface area contributed by atoms with Crippen LogP contribution in [0.2, 0.25) is 0 Å². The van der Waals surface area contributed by atoms with Gasteiger partial charge in [0.1, 0.15) is 17.2 Å². The van der Waals surface area contributed by atoms with E-state index in [1.54, 1.807) is 18.2 Å². The first-order chi connectivity index (χ1) is 8.67. The first kappa shape index (κ1) is 12.0. The number of imidazole rings is 1. The van der Waals surface area contributed by atoms with Crippen molar-refractivity contribution in [3.63, 3.8) is 0 Å². The van der Waals surface area contributed by atoms with Gasteiger partial charge in [-0.15, -0.1) is 0 Å². The number of H-pyrrole nitrogens is 1. The lowest BCUT2D eigenvalue weighted by atomic mass is 10.1. The minimum Gasteiger partial charge on any atom is -0.497 e. The van der Waals surface area contributed by atoms with Crippen LogP contribution in [0.1, 0.15) is 10.5 Å². The highest BCUT2D eigenvalue weighted by Gasteiger charge is 2.18. The molecule has 0 amide bonds. The molecule has 0 atom stereocenters. The van der Waals surface area contributed by atoms with E-state index in [1.807, 2.05) is 0 Å². The van der Waals surface area contributed by atoms with Crippen LogP contribution in [0.15, 0.2) is 24.5 Å². The molecular weight excluding hydrogens is 236 g/mol. The quantitative estimate of drug-likeness (QED) is 0.861. The number of carbonyl (C=O) groups is 1. The van der Waals surface area contributed by atoms with Crippen LogP contribution in [0, 0.1) is 0 Å². The third-order valence-corrected chi connectivity index (χ3v) is 2.51. The smallest absolute Gasteiger partial charge is 0.354 e. The van der Waals surface area contributed by atoms with Crippen molar-refractivity contribution in [3.8, 4) is 22.8 Å². The maximum Gasteiger partial charge on any atom is 0.354 e. The summed E-state index contributed by atoms with van der Waals surface area (Å²) in [5.74, 6) is 0.0583. The summed E-state index contributed by atoms with van der Waals surface area (Å²) in [6.45, 7) is 0. The Morgan fingerprint density at radius 2 is 2.11 bits per heavy atom. The molecule has 18 heavy (non-hydrogen) atoms. The van der Waals surface area contributed by atoms with Gasteiger partial charge in [0, 0.05) is 5.56 Å². The first-order valence-electron chi connectivity index (χ1n) is 5.16. The van der Waals surface area contributed by atoms with Crippen molar-refractivity contribution in [1.82, 2.24) is 9.97 Å². The molecule has 0 unspecified atom stereocenters. The predicted molar refractivity (Wildman–Crippen MR) is 64.1 cm³/mol. The molecule has 2 N–H and O–H groups in total. The van der Waals surface area contributed by atoms with E-state index in [2.05, 4.69) is 9.97 Å². The fourth-order valence-corrected chi connectivity index (χ4v) is 1.66. The zero-order chi connectivity index (χ0) is 13.1. The van der Waals surface area contributed by atoms with Gasteiger partial charge in [-0.3, -0.25) is 0 Å². The van der Waals surface area contributed by atoms with E-state index < -0.39 is 5.97 Å². The fourth-order valence-electron chi connectivity index (χ4n) is 1.66. The molecule has 1 heterocycles. The predicted octanol–water partition coefficient (Wildman–Crippen LogP) is 1.79. The molecule has 0 saturated carbocycles. The number of methoxy groups -OCH3 is 2. The molecule has 2 rings (SSSR count). The molecule has 94 valence electrons. The van der Waals surface area contributed by atoms with Gasteiger partial charge in [-0.1, -0.05) is 0 Å². The maximum absolute atomic E-state index is 11.1. The Bertz CT molecular complexity index is 577. The van der Waals surface area contributed by atoms with Crippen LogP contribution in [0.3, 0.4) is 0 Å². The van der Waals surface area contributed by atoms with Crippen LogP contribution in [0.25, 0.3) is 11.3 Å². The molecule has 1 aromatic carbocycles. The monoisotopic (exact) mass is 248 g/mol. The third-order valence-electron chi connectivity index (χ3n) is 2.51. The van der Waals surface area contributed by atoms with Gasteiger partial charge in [-0.25, -0.2) is 9.78 Å². The lowest BCUT2D eigenvalue weighted by Crippen LogP contribution is -2.00. The summed E-state index contributed by atoms with van der Waals surface area (Å²) in [6, 6.07) is 5.12. The minimum absolute atomic E-state index is 0.0153. The van der Waals surface area contributed by atoms with E-state index in [0.29, 0.717) is 22.8 Å². The van der Waals surface area contributed by atoms with E-state index in [-0.39, 0.29) is 5.69 Å². The van der Waals surface area contributed by atoms with Crippen LogP contribution in [-0.2, 0) is 0 Å². The standard InChI is InChI=1S/C12H12N2O4/c1-17-7-3-4-9(18-2)8(5-7)10-11(12(15)16)14-6-13-10/h3-6H,1-2H3,(H,13,14)(H,15,16). The Labute approximate surface area is 103 Å². The average molecular weight is 248 g/mol. The molecule has 0 saturated heterocycles. The van der Waals surface area contributed by atoms with Gasteiger partial charge in [0.25, 0.3) is 0 Å². The zero-order valence-electron chi connectivity index (χ0n) is 9.93. The summed E-state index contributed by atoms with van der Waals surface area (Å²) < 4.78 is 10.3. The van der Waals surface area contributed by atoms with Gasteiger partial charge in [-0.2, -0.15) is 0 Å². The molecule has 0 radical (unpaired) electrons. The summed E-state index contributed by atoms with van der Waals surface area (Å²) in [5, 5.41) is 9.06. The number of aromatic amines is 1. The number of carboxylic acids is 1. The van der Waals surface area contributed by atoms with E-state index in [1.165, 1.54) is 20.5 Å². The molecule has 2 aromatic rings. The second kappa shape index (κ2) is 4.79. The molecule has 1 aromatic heterocycles. The van der Waals surface area contributed by atoms with Crippen LogP contribution < -0.4 is 9.47 Å². The maximum atomic E-state index is 11.1. The number of aromatic nitrogens is 2. The second-order valence-corrected chi connectivity index (χ2v) is 3.50. The number of hydrogen-bond acceptors (Lipinski definition) is 4. The van der Waals surface area contributed by atoms with Crippen LogP contribution in [-0.4, -0.2) is 35.3 Å². The summed E-state index contributed by atoms with van der Waals surface area (Å²) >= 11 is 0. The van der Waals surface area contributed by atoms with Crippen LogP contribution in [0.5, 0.6) is 11.5 Å². The Kier molecular flexibility index (Phi) is 3.18. The van der Waals surface area contributed by atoms with Crippen molar-refractivity contribution in [2.24, 2.45) is 0 Å². The van der Waals surface area contributed by atoms with Crippen molar-refractivity contribution >= 4 is 5.97 Å². The normalized spacial score (nSPS) is 10.1. The fraction of sp³-hybridized carbons (Fsp3) is 0.167. The third kappa shape index (κ3) is 2.00. The molecule has 0 aliphatic heterocycles. The largest absolute Gasteiger partial charge is 0.497 e. The number of benzene rings is 1. The average Bonchev–Trinajstić information content (AvgIpc) is 2.87. The first-order valence-corrected chi connectivity index (χ1v) is 5.16.